The Morgan fingerprint density at radius 1 is 1.14 bits per heavy atom. The van der Waals surface area contributed by atoms with E-state index >= 15 is 0 Å². The fraction of sp³-hybridized carbons (Fsp3) is 0.261. The lowest BCUT2D eigenvalue weighted by Gasteiger charge is -2.26. The van der Waals surface area contributed by atoms with Crippen molar-refractivity contribution in [2.45, 2.75) is 38.8 Å². The number of hydrogen-bond acceptors (Lipinski definition) is 3. The average Bonchev–Trinajstić information content (AvgIpc) is 3.20. The number of H-pyrrole nitrogens is 1. The molecule has 0 fully saturated rings. The highest BCUT2D eigenvalue weighted by atomic mass is 16.3. The number of unbranched alkanes of at least 4 members (excludes halogenated alkanes) is 1. The molecule has 1 aliphatic rings. The number of nitrogens with one attached hydrogen (secondary N) is 1. The van der Waals surface area contributed by atoms with Gasteiger partial charge in [-0.25, -0.2) is 4.79 Å². The molecule has 0 aliphatic carbocycles. The van der Waals surface area contributed by atoms with Crippen LogP contribution in [0.5, 0.6) is 11.6 Å². The van der Waals surface area contributed by atoms with Crippen LogP contribution in [0.1, 0.15) is 48.3 Å². The zero-order valence-electron chi connectivity index (χ0n) is 16.2. The molecular weight excluding hydrogens is 366 g/mol. The van der Waals surface area contributed by atoms with Crippen LogP contribution in [0.3, 0.4) is 0 Å². The van der Waals surface area contributed by atoms with Crippen LogP contribution in [-0.2, 0) is 13.0 Å². The third kappa shape index (κ3) is 2.59. The molecule has 0 radical (unpaired) electrons. The van der Waals surface area contributed by atoms with E-state index in [4.69, 9.17) is 0 Å². The van der Waals surface area contributed by atoms with Gasteiger partial charge in [0, 0.05) is 29.6 Å². The fourth-order valence-electron chi connectivity index (χ4n) is 4.50. The minimum atomic E-state index is -0.436. The van der Waals surface area contributed by atoms with Crippen molar-refractivity contribution in [3.63, 3.8) is 0 Å². The molecular formula is C23H23N3O3. The molecule has 2 aromatic heterocycles. The number of aromatic hydroxyl groups is 2. The molecule has 5 rings (SSSR count). The summed E-state index contributed by atoms with van der Waals surface area (Å²) in [4.78, 5) is 16.8. The van der Waals surface area contributed by atoms with E-state index in [-0.39, 0.29) is 17.3 Å². The predicted octanol–water partition coefficient (Wildman–Crippen LogP) is 3.88. The minimum Gasteiger partial charge on any atom is -0.508 e. The van der Waals surface area contributed by atoms with Crippen LogP contribution in [0.15, 0.2) is 53.3 Å². The summed E-state index contributed by atoms with van der Waals surface area (Å²) in [5, 5.41) is 22.1. The minimum absolute atomic E-state index is 0.0459. The molecule has 0 unspecified atom stereocenters. The molecule has 1 atom stereocenters. The molecule has 0 spiro atoms. The van der Waals surface area contributed by atoms with Crippen LogP contribution in [0.4, 0.5) is 0 Å². The van der Waals surface area contributed by atoms with Gasteiger partial charge in [-0.05, 0) is 35.7 Å². The van der Waals surface area contributed by atoms with Gasteiger partial charge in [-0.1, -0.05) is 43.7 Å². The maximum Gasteiger partial charge on any atom is 0.332 e. The van der Waals surface area contributed by atoms with Crippen molar-refractivity contribution in [2.24, 2.45) is 0 Å². The fourth-order valence-corrected chi connectivity index (χ4v) is 4.50. The van der Waals surface area contributed by atoms with E-state index in [9.17, 15) is 15.0 Å². The largest absolute Gasteiger partial charge is 0.508 e. The van der Waals surface area contributed by atoms with Gasteiger partial charge in [-0.15, -0.1) is 0 Å². The molecule has 4 aromatic rings. The Morgan fingerprint density at radius 3 is 2.76 bits per heavy atom. The monoisotopic (exact) mass is 389 g/mol. The van der Waals surface area contributed by atoms with E-state index < -0.39 is 6.04 Å². The van der Waals surface area contributed by atoms with Gasteiger partial charge in [0.15, 0.2) is 0 Å². The Bertz CT molecular complexity index is 1280. The number of phenolic OH excluding ortho intramolecular Hbond substituents is 1. The number of nitrogens with zero attached hydrogens (tertiary/aromatic N) is 2. The first-order valence-corrected chi connectivity index (χ1v) is 10.0. The molecule has 29 heavy (non-hydrogen) atoms. The first-order valence-electron chi connectivity index (χ1n) is 10.0. The van der Waals surface area contributed by atoms with Crippen molar-refractivity contribution >= 4 is 10.9 Å². The van der Waals surface area contributed by atoms with E-state index in [2.05, 4.69) is 18.0 Å². The molecule has 3 heterocycles. The summed E-state index contributed by atoms with van der Waals surface area (Å²) in [7, 11) is 0. The number of imidazole rings is 1. The summed E-state index contributed by atoms with van der Waals surface area (Å²) in [6, 6.07) is 14.6. The molecule has 0 saturated heterocycles. The van der Waals surface area contributed by atoms with Gasteiger partial charge < -0.3 is 15.2 Å². The van der Waals surface area contributed by atoms with Crippen LogP contribution in [0, 0.1) is 0 Å². The van der Waals surface area contributed by atoms with Gasteiger partial charge >= 0.3 is 5.69 Å². The molecule has 0 bridgehead atoms. The number of rotatable bonds is 4. The zero-order chi connectivity index (χ0) is 20.1. The maximum atomic E-state index is 13.3. The normalized spacial score (nSPS) is 15.4. The van der Waals surface area contributed by atoms with E-state index in [0.29, 0.717) is 18.7 Å². The van der Waals surface area contributed by atoms with E-state index in [0.717, 1.165) is 40.6 Å². The molecule has 3 N–H and O–H groups in total. The van der Waals surface area contributed by atoms with Crippen molar-refractivity contribution in [3.8, 4) is 11.6 Å². The lowest BCUT2D eigenvalue weighted by molar-refractivity contribution is 0.404. The lowest BCUT2D eigenvalue weighted by Crippen LogP contribution is -2.32. The quantitative estimate of drug-likeness (QED) is 0.436. The Balaban J connectivity index is 1.80. The standard InChI is InChI=1S/C23H23N3O3/c1-2-3-11-25-22(28)19-13-17-16-9-4-5-10-18(16)24-20(17)21(26(19)23(25)29)14-7-6-8-15(27)12-14/h4-10,12,21,24,27-28H,2-3,11,13H2,1H3/t21-/m1/s1. The van der Waals surface area contributed by atoms with Gasteiger partial charge in [0.25, 0.3) is 0 Å². The first kappa shape index (κ1) is 17.7. The molecule has 0 saturated carbocycles. The van der Waals surface area contributed by atoms with E-state index in [1.165, 1.54) is 4.57 Å². The van der Waals surface area contributed by atoms with Crippen LogP contribution >= 0.6 is 0 Å². The van der Waals surface area contributed by atoms with Crippen molar-refractivity contribution in [1.29, 1.82) is 0 Å². The second kappa shape index (κ2) is 6.58. The van der Waals surface area contributed by atoms with Crippen LogP contribution < -0.4 is 5.69 Å². The topological polar surface area (TPSA) is 83.2 Å². The van der Waals surface area contributed by atoms with Gasteiger partial charge in [0.2, 0.25) is 5.88 Å². The zero-order valence-corrected chi connectivity index (χ0v) is 16.2. The molecule has 148 valence electrons. The summed E-state index contributed by atoms with van der Waals surface area (Å²) >= 11 is 0. The number of para-hydroxylation sites is 1. The SMILES string of the molecule is CCCCn1c(O)c2n(c1=O)[C@H](c1cccc(O)c1)c1[nH]c3ccccc3c1C2. The second-order valence-electron chi connectivity index (χ2n) is 7.67. The second-order valence-corrected chi connectivity index (χ2v) is 7.67. The van der Waals surface area contributed by atoms with E-state index in [1.54, 1.807) is 22.8 Å². The first-order chi connectivity index (χ1) is 14.1. The summed E-state index contributed by atoms with van der Waals surface area (Å²) in [5.74, 6) is 0.194. The van der Waals surface area contributed by atoms with Crippen LogP contribution in [0.2, 0.25) is 0 Å². The average molecular weight is 389 g/mol. The number of fused-ring (bicyclic) bond motifs is 4. The highest BCUT2D eigenvalue weighted by Gasteiger charge is 2.35. The van der Waals surface area contributed by atoms with E-state index in [1.807, 2.05) is 24.3 Å². The maximum absolute atomic E-state index is 13.3. The number of aromatic nitrogens is 3. The summed E-state index contributed by atoms with van der Waals surface area (Å²) in [6.07, 6.45) is 2.24. The summed E-state index contributed by atoms with van der Waals surface area (Å²) in [6.45, 7) is 2.55. The summed E-state index contributed by atoms with van der Waals surface area (Å²) in [5.41, 5.74) is 4.21. The van der Waals surface area contributed by atoms with Gasteiger partial charge in [0.1, 0.15) is 11.8 Å². The Labute approximate surface area is 167 Å². The predicted molar refractivity (Wildman–Crippen MR) is 112 cm³/mol. The van der Waals surface area contributed by atoms with Crippen molar-refractivity contribution in [3.05, 3.63) is 81.5 Å². The lowest BCUT2D eigenvalue weighted by atomic mass is 9.93. The Hall–Kier alpha value is -3.41. The van der Waals surface area contributed by atoms with Crippen LogP contribution in [0.25, 0.3) is 10.9 Å². The Kier molecular flexibility index (Phi) is 4.01. The molecule has 1 aliphatic heterocycles. The molecule has 6 heteroatoms. The van der Waals surface area contributed by atoms with Gasteiger partial charge in [-0.2, -0.15) is 0 Å². The molecule has 2 aromatic carbocycles. The third-order valence-electron chi connectivity index (χ3n) is 5.89. The number of hydrogen-bond donors (Lipinski definition) is 3. The summed E-state index contributed by atoms with van der Waals surface area (Å²) < 4.78 is 3.15. The van der Waals surface area contributed by atoms with Gasteiger partial charge in [-0.3, -0.25) is 9.13 Å². The number of aromatic amines is 1. The van der Waals surface area contributed by atoms with Crippen molar-refractivity contribution in [1.82, 2.24) is 14.1 Å². The van der Waals surface area contributed by atoms with Gasteiger partial charge in [0.05, 0.1) is 5.69 Å². The highest BCUT2D eigenvalue weighted by molar-refractivity contribution is 5.86. The number of phenols is 1. The Morgan fingerprint density at radius 2 is 1.97 bits per heavy atom. The molecule has 0 amide bonds. The number of benzene rings is 2. The van der Waals surface area contributed by atoms with Crippen molar-refractivity contribution in [2.75, 3.05) is 0 Å². The molecule has 6 nitrogen and oxygen atoms in total. The van der Waals surface area contributed by atoms with Crippen LogP contribution in [-0.4, -0.2) is 24.3 Å². The third-order valence-corrected chi connectivity index (χ3v) is 5.89. The van der Waals surface area contributed by atoms with Crippen molar-refractivity contribution < 1.29 is 10.2 Å². The smallest absolute Gasteiger partial charge is 0.332 e. The highest BCUT2D eigenvalue weighted by Crippen LogP contribution is 2.41.